The van der Waals surface area contributed by atoms with Crippen LogP contribution in [0.15, 0.2) is 18.2 Å². The number of carbonyl (C=O) groups excluding carboxylic acids is 1. The summed E-state index contributed by atoms with van der Waals surface area (Å²) in [4.78, 5) is 14.0. The van der Waals surface area contributed by atoms with Gasteiger partial charge in [0.2, 0.25) is 0 Å². The maximum Gasteiger partial charge on any atom is 0.416 e. The molecule has 2 saturated heterocycles. The highest BCUT2D eigenvalue weighted by Crippen LogP contribution is 2.49. The number of hydrogen-bond acceptors (Lipinski definition) is 2. The molecule has 1 saturated carbocycles. The molecule has 2 heterocycles. The molecule has 162 valence electrons. The molecule has 0 radical (unpaired) electrons. The lowest BCUT2D eigenvalue weighted by Gasteiger charge is -2.55. The maximum atomic E-state index is 13.4. The van der Waals surface area contributed by atoms with Crippen LogP contribution >= 0.6 is 0 Å². The lowest BCUT2D eigenvalue weighted by atomic mass is 9.69. The Labute approximate surface area is 168 Å². The number of nitrogens with zero attached hydrogens (tertiary/aromatic N) is 2. The molecule has 0 spiro atoms. The van der Waals surface area contributed by atoms with Gasteiger partial charge in [-0.2, -0.15) is 31.6 Å². The molecule has 1 N–H and O–H groups in total. The van der Waals surface area contributed by atoms with Gasteiger partial charge in [-0.05, 0) is 55.9 Å². The summed E-state index contributed by atoms with van der Waals surface area (Å²) in [6.45, 7) is 0. The van der Waals surface area contributed by atoms with Gasteiger partial charge < -0.3 is 10.2 Å². The Morgan fingerprint density at radius 1 is 1.07 bits per heavy atom. The molecule has 1 aromatic rings. The van der Waals surface area contributed by atoms with E-state index in [0.29, 0.717) is 19.3 Å². The molecule has 2 amide bonds. The van der Waals surface area contributed by atoms with E-state index in [0.717, 1.165) is 12.1 Å². The number of halogens is 6. The number of amides is 2. The van der Waals surface area contributed by atoms with E-state index in [1.807, 2.05) is 6.07 Å². The first-order valence-corrected chi connectivity index (χ1v) is 9.76. The van der Waals surface area contributed by atoms with E-state index < -0.39 is 53.8 Å². The first kappa shape index (κ1) is 20.8. The number of urea groups is 1. The van der Waals surface area contributed by atoms with Crippen LogP contribution in [-0.4, -0.2) is 29.2 Å². The Bertz CT molecular complexity index is 878. The summed E-state index contributed by atoms with van der Waals surface area (Å²) in [5.41, 5.74) is -0.720. The second kappa shape index (κ2) is 7.06. The number of piperidine rings is 1. The zero-order valence-corrected chi connectivity index (χ0v) is 15.7. The van der Waals surface area contributed by atoms with Gasteiger partial charge in [0.15, 0.2) is 0 Å². The number of nitrogens with one attached hydrogen (secondary N) is 1. The van der Waals surface area contributed by atoms with Crippen molar-refractivity contribution in [2.45, 2.75) is 62.5 Å². The third kappa shape index (κ3) is 3.59. The highest BCUT2D eigenvalue weighted by molar-refractivity contribution is 5.90. The third-order valence-electron chi connectivity index (χ3n) is 6.59. The second-order valence-electron chi connectivity index (χ2n) is 8.31. The molecule has 5 atom stereocenters. The predicted octanol–water partition coefficient (Wildman–Crippen LogP) is 5.67. The quantitative estimate of drug-likeness (QED) is 0.614. The van der Waals surface area contributed by atoms with Crippen molar-refractivity contribution in [2.75, 3.05) is 5.32 Å². The van der Waals surface area contributed by atoms with Gasteiger partial charge >= 0.3 is 18.4 Å². The lowest BCUT2D eigenvalue weighted by molar-refractivity contribution is -0.205. The van der Waals surface area contributed by atoms with Gasteiger partial charge in [-0.1, -0.05) is 0 Å². The summed E-state index contributed by atoms with van der Waals surface area (Å²) in [6, 6.07) is 3.64. The molecule has 3 fully saturated rings. The molecular formula is C20H19F6N3O. The minimum absolute atomic E-state index is 0.0287. The van der Waals surface area contributed by atoms with Gasteiger partial charge in [-0.15, -0.1) is 0 Å². The molecule has 1 aromatic carbocycles. The summed E-state index contributed by atoms with van der Waals surface area (Å²) in [7, 11) is 0. The number of hydrogen-bond donors (Lipinski definition) is 1. The molecule has 10 heteroatoms. The summed E-state index contributed by atoms with van der Waals surface area (Å²) >= 11 is 0. The highest BCUT2D eigenvalue weighted by Gasteiger charge is 2.54. The van der Waals surface area contributed by atoms with Crippen LogP contribution in [0.1, 0.15) is 49.1 Å². The Hall–Kier alpha value is -2.44. The van der Waals surface area contributed by atoms with Crippen LogP contribution in [0.25, 0.3) is 0 Å². The fourth-order valence-electron chi connectivity index (χ4n) is 4.89. The van der Waals surface area contributed by atoms with Crippen LogP contribution in [-0.2, 0) is 6.18 Å². The van der Waals surface area contributed by atoms with Gasteiger partial charge in [-0.25, -0.2) is 4.79 Å². The number of anilines is 1. The normalized spacial score (nSPS) is 30.7. The standard InChI is InChI=1S/C20H19F6N3O/c21-19(22,23)11-5-13-8-14(6-11)29(13)18(30)28-12-2-4-17(20(24,25)26)16(7-12)15-3-1-10(15)9-27/h2,4,7,10-11,13-15H,1,3,5-6,8H2,(H,28,30)/t10-,11?,13+,14?,15?/m1/s1. The highest BCUT2D eigenvalue weighted by atomic mass is 19.4. The van der Waals surface area contributed by atoms with E-state index in [-0.39, 0.29) is 24.1 Å². The minimum Gasteiger partial charge on any atom is -0.318 e. The fourth-order valence-corrected chi connectivity index (χ4v) is 4.89. The van der Waals surface area contributed by atoms with E-state index in [1.54, 1.807) is 0 Å². The average Bonchev–Trinajstić information content (AvgIpc) is 2.59. The number of alkyl halides is 6. The Kier molecular flexibility index (Phi) is 4.90. The van der Waals surface area contributed by atoms with E-state index in [4.69, 9.17) is 5.26 Å². The van der Waals surface area contributed by atoms with Crippen molar-refractivity contribution in [2.24, 2.45) is 11.8 Å². The van der Waals surface area contributed by atoms with E-state index in [2.05, 4.69) is 5.32 Å². The fraction of sp³-hybridized carbons (Fsp3) is 0.600. The summed E-state index contributed by atoms with van der Waals surface area (Å²) in [5, 5.41) is 11.7. The monoisotopic (exact) mass is 431 g/mol. The first-order chi connectivity index (χ1) is 14.0. The average molecular weight is 431 g/mol. The van der Waals surface area contributed by atoms with Crippen LogP contribution in [0.2, 0.25) is 0 Å². The van der Waals surface area contributed by atoms with Crippen LogP contribution < -0.4 is 5.32 Å². The van der Waals surface area contributed by atoms with Crippen molar-refractivity contribution in [1.82, 2.24) is 4.90 Å². The number of carbonyl (C=O) groups is 1. The van der Waals surface area contributed by atoms with E-state index in [1.165, 1.54) is 11.0 Å². The predicted molar refractivity (Wildman–Crippen MR) is 94.4 cm³/mol. The smallest absolute Gasteiger partial charge is 0.318 e. The molecular weight excluding hydrogens is 412 g/mol. The first-order valence-electron chi connectivity index (χ1n) is 9.76. The summed E-state index contributed by atoms with van der Waals surface area (Å²) in [6.07, 6.45) is -7.71. The van der Waals surface area contributed by atoms with Crippen LogP contribution in [0.3, 0.4) is 0 Å². The zero-order valence-electron chi connectivity index (χ0n) is 15.7. The largest absolute Gasteiger partial charge is 0.416 e. The molecule has 2 aliphatic heterocycles. The summed E-state index contributed by atoms with van der Waals surface area (Å²) < 4.78 is 79.0. The lowest BCUT2D eigenvalue weighted by Crippen LogP contribution is -2.65. The maximum absolute atomic E-state index is 13.4. The SMILES string of the molecule is N#C[C@H]1CCC1c1cc(NC(=O)N2C3CC(C(F)(F)F)C[C@H]2C3)ccc1C(F)(F)F. The molecule has 3 aliphatic rings. The van der Waals surface area contributed by atoms with Crippen molar-refractivity contribution < 1.29 is 31.1 Å². The third-order valence-corrected chi connectivity index (χ3v) is 6.59. The van der Waals surface area contributed by atoms with Gasteiger partial charge in [-0.3, -0.25) is 0 Å². The van der Waals surface area contributed by atoms with E-state index in [9.17, 15) is 31.1 Å². The van der Waals surface area contributed by atoms with Crippen molar-refractivity contribution in [3.8, 4) is 6.07 Å². The molecule has 3 unspecified atom stereocenters. The van der Waals surface area contributed by atoms with E-state index >= 15 is 0 Å². The van der Waals surface area contributed by atoms with Crippen molar-refractivity contribution in [3.63, 3.8) is 0 Å². The zero-order chi connectivity index (χ0) is 21.8. The Morgan fingerprint density at radius 2 is 1.73 bits per heavy atom. The number of fused-ring (bicyclic) bond motifs is 2. The Morgan fingerprint density at radius 3 is 2.23 bits per heavy atom. The van der Waals surface area contributed by atoms with Crippen LogP contribution in [0.4, 0.5) is 36.8 Å². The molecule has 2 bridgehead atoms. The van der Waals surface area contributed by atoms with Gasteiger partial charge in [0, 0.05) is 23.7 Å². The Balaban J connectivity index is 1.50. The van der Waals surface area contributed by atoms with Crippen molar-refractivity contribution in [3.05, 3.63) is 29.3 Å². The second-order valence-corrected chi connectivity index (χ2v) is 8.31. The molecule has 4 rings (SSSR count). The molecule has 1 aliphatic carbocycles. The van der Waals surface area contributed by atoms with Crippen molar-refractivity contribution >= 4 is 11.7 Å². The molecule has 4 nitrogen and oxygen atoms in total. The minimum atomic E-state index is -4.59. The van der Waals surface area contributed by atoms with Crippen LogP contribution in [0, 0.1) is 23.2 Å². The van der Waals surface area contributed by atoms with Crippen molar-refractivity contribution in [1.29, 1.82) is 5.26 Å². The number of nitriles is 1. The van der Waals surface area contributed by atoms with Crippen LogP contribution in [0.5, 0.6) is 0 Å². The molecule has 0 aromatic heterocycles. The topological polar surface area (TPSA) is 56.1 Å². The molecule has 30 heavy (non-hydrogen) atoms. The van der Waals surface area contributed by atoms with Gasteiger partial charge in [0.25, 0.3) is 0 Å². The number of benzene rings is 1. The van der Waals surface area contributed by atoms with Gasteiger partial charge in [0.05, 0.1) is 23.5 Å². The summed E-state index contributed by atoms with van der Waals surface area (Å²) in [5.74, 6) is -2.49. The number of rotatable bonds is 2. The van der Waals surface area contributed by atoms with Gasteiger partial charge in [0.1, 0.15) is 0 Å².